The molecule has 3 rings (SSSR count). The van der Waals surface area contributed by atoms with Crippen molar-refractivity contribution >= 4 is 23.2 Å². The van der Waals surface area contributed by atoms with Gasteiger partial charge in [0, 0.05) is 17.5 Å². The molecule has 0 atom stereocenters. The van der Waals surface area contributed by atoms with Gasteiger partial charge in [-0.3, -0.25) is 9.59 Å². The SMILES string of the molecule is COc1ccc(Cc2nc(C(=O)Nc3cc(Cl)ccc3O)cc(=O)[nH]2)cc1. The molecule has 0 aliphatic heterocycles. The number of hydrogen-bond acceptors (Lipinski definition) is 5. The van der Waals surface area contributed by atoms with E-state index < -0.39 is 11.5 Å². The molecule has 1 amide bonds. The van der Waals surface area contributed by atoms with Crippen LogP contribution in [-0.2, 0) is 6.42 Å². The maximum absolute atomic E-state index is 12.4. The van der Waals surface area contributed by atoms with Crippen molar-refractivity contribution < 1.29 is 14.6 Å². The summed E-state index contributed by atoms with van der Waals surface area (Å²) in [5.41, 5.74) is 0.505. The zero-order valence-electron chi connectivity index (χ0n) is 14.3. The van der Waals surface area contributed by atoms with Crippen LogP contribution in [0, 0.1) is 0 Å². The number of anilines is 1. The summed E-state index contributed by atoms with van der Waals surface area (Å²) in [6.45, 7) is 0. The van der Waals surface area contributed by atoms with Gasteiger partial charge < -0.3 is 20.1 Å². The van der Waals surface area contributed by atoms with E-state index >= 15 is 0 Å². The number of methoxy groups -OCH3 is 1. The van der Waals surface area contributed by atoms with Gasteiger partial charge in [0.25, 0.3) is 11.5 Å². The largest absolute Gasteiger partial charge is 0.506 e. The molecule has 1 aromatic heterocycles. The first-order valence-electron chi connectivity index (χ1n) is 7.97. The number of carbonyl (C=O) groups excluding carboxylic acids is 1. The molecule has 8 heteroatoms. The van der Waals surface area contributed by atoms with Crippen LogP contribution in [0.5, 0.6) is 11.5 Å². The lowest BCUT2D eigenvalue weighted by Gasteiger charge is -2.08. The average molecular weight is 386 g/mol. The highest BCUT2D eigenvalue weighted by molar-refractivity contribution is 6.31. The Morgan fingerprint density at radius 1 is 1.22 bits per heavy atom. The van der Waals surface area contributed by atoms with Gasteiger partial charge in [0.15, 0.2) is 0 Å². The number of H-pyrrole nitrogens is 1. The van der Waals surface area contributed by atoms with Crippen molar-refractivity contribution in [2.45, 2.75) is 6.42 Å². The van der Waals surface area contributed by atoms with Crippen molar-refractivity contribution in [2.24, 2.45) is 0 Å². The standard InChI is InChI=1S/C19H16ClN3O4/c1-27-13-5-2-11(3-6-13)8-17-21-15(10-18(25)23-17)19(26)22-14-9-12(20)4-7-16(14)24/h2-7,9-10,24H,8H2,1H3,(H,22,26)(H,21,23,25). The minimum Gasteiger partial charge on any atom is -0.506 e. The highest BCUT2D eigenvalue weighted by Crippen LogP contribution is 2.26. The van der Waals surface area contributed by atoms with Crippen LogP contribution < -0.4 is 15.6 Å². The number of phenols is 1. The summed E-state index contributed by atoms with van der Waals surface area (Å²) < 4.78 is 5.11. The molecule has 1 heterocycles. The number of nitrogens with zero attached hydrogens (tertiary/aromatic N) is 1. The summed E-state index contributed by atoms with van der Waals surface area (Å²) in [6, 6.07) is 12.6. The Labute approximate surface area is 159 Å². The molecule has 0 aliphatic rings. The van der Waals surface area contributed by atoms with Gasteiger partial charge in [-0.25, -0.2) is 4.98 Å². The monoisotopic (exact) mass is 385 g/mol. The van der Waals surface area contributed by atoms with E-state index in [1.807, 2.05) is 12.1 Å². The molecule has 0 radical (unpaired) electrons. The molecule has 138 valence electrons. The zero-order chi connectivity index (χ0) is 19.4. The predicted molar refractivity (Wildman–Crippen MR) is 102 cm³/mol. The summed E-state index contributed by atoms with van der Waals surface area (Å²) in [6.07, 6.45) is 0.336. The van der Waals surface area contributed by atoms with E-state index in [1.165, 1.54) is 18.2 Å². The lowest BCUT2D eigenvalue weighted by Crippen LogP contribution is -2.20. The highest BCUT2D eigenvalue weighted by Gasteiger charge is 2.13. The molecule has 0 aliphatic carbocycles. The van der Waals surface area contributed by atoms with Crippen molar-refractivity contribution in [1.29, 1.82) is 0 Å². The van der Waals surface area contributed by atoms with E-state index in [2.05, 4.69) is 15.3 Å². The van der Waals surface area contributed by atoms with Crippen molar-refractivity contribution in [2.75, 3.05) is 12.4 Å². The first-order valence-corrected chi connectivity index (χ1v) is 8.35. The van der Waals surface area contributed by atoms with Gasteiger partial charge in [0.2, 0.25) is 0 Å². The van der Waals surface area contributed by atoms with Gasteiger partial charge >= 0.3 is 0 Å². The quantitative estimate of drug-likeness (QED) is 0.586. The predicted octanol–water partition coefficient (Wildman–Crippen LogP) is 2.98. The minimum atomic E-state index is -0.630. The van der Waals surface area contributed by atoms with E-state index in [4.69, 9.17) is 16.3 Å². The third kappa shape index (κ3) is 4.65. The Bertz CT molecular complexity index is 1030. The van der Waals surface area contributed by atoms with E-state index in [-0.39, 0.29) is 17.1 Å². The average Bonchev–Trinajstić information content (AvgIpc) is 2.65. The second-order valence-corrected chi connectivity index (χ2v) is 6.15. The smallest absolute Gasteiger partial charge is 0.274 e. The van der Waals surface area contributed by atoms with E-state index in [9.17, 15) is 14.7 Å². The first kappa shape index (κ1) is 18.5. The van der Waals surface area contributed by atoms with Crippen molar-refractivity contribution in [3.8, 4) is 11.5 Å². The number of ether oxygens (including phenoxy) is 1. The van der Waals surface area contributed by atoms with Crippen LogP contribution in [0.3, 0.4) is 0 Å². The second kappa shape index (κ2) is 7.92. The Hall–Kier alpha value is -3.32. The zero-order valence-corrected chi connectivity index (χ0v) is 15.1. The first-order chi connectivity index (χ1) is 12.9. The molecule has 0 saturated carbocycles. The number of rotatable bonds is 5. The van der Waals surface area contributed by atoms with E-state index in [0.717, 1.165) is 17.4 Å². The van der Waals surface area contributed by atoms with Gasteiger partial charge in [-0.05, 0) is 35.9 Å². The van der Waals surface area contributed by atoms with Crippen LogP contribution in [0.4, 0.5) is 5.69 Å². The number of benzene rings is 2. The molecule has 7 nitrogen and oxygen atoms in total. The minimum absolute atomic E-state index is 0.0679. The number of amides is 1. The number of nitrogens with one attached hydrogen (secondary N) is 2. The molecular formula is C19H16ClN3O4. The maximum Gasteiger partial charge on any atom is 0.274 e. The Morgan fingerprint density at radius 2 is 1.96 bits per heavy atom. The number of aromatic hydroxyl groups is 1. The van der Waals surface area contributed by atoms with E-state index in [0.29, 0.717) is 17.3 Å². The van der Waals surface area contributed by atoms with Crippen molar-refractivity contribution in [1.82, 2.24) is 9.97 Å². The number of hydrogen-bond donors (Lipinski definition) is 3. The molecule has 2 aromatic carbocycles. The third-order valence-electron chi connectivity index (χ3n) is 3.76. The normalized spacial score (nSPS) is 10.4. The third-order valence-corrected chi connectivity index (χ3v) is 4.00. The summed E-state index contributed by atoms with van der Waals surface area (Å²) >= 11 is 5.87. The summed E-state index contributed by atoms with van der Waals surface area (Å²) in [7, 11) is 1.58. The molecule has 0 spiro atoms. The lowest BCUT2D eigenvalue weighted by atomic mass is 10.1. The van der Waals surface area contributed by atoms with Crippen LogP contribution in [0.2, 0.25) is 5.02 Å². The Kier molecular flexibility index (Phi) is 5.42. The molecular weight excluding hydrogens is 370 g/mol. The molecule has 3 N–H and O–H groups in total. The number of phenolic OH excluding ortho intramolecular Hbond substituents is 1. The fraction of sp³-hybridized carbons (Fsp3) is 0.105. The van der Waals surface area contributed by atoms with Crippen LogP contribution in [-0.4, -0.2) is 28.1 Å². The molecule has 3 aromatic rings. The highest BCUT2D eigenvalue weighted by atomic mass is 35.5. The number of aromatic amines is 1. The molecule has 0 saturated heterocycles. The molecule has 0 bridgehead atoms. The Morgan fingerprint density at radius 3 is 2.67 bits per heavy atom. The summed E-state index contributed by atoms with van der Waals surface area (Å²) in [4.78, 5) is 31.2. The van der Waals surface area contributed by atoms with Gasteiger partial charge in [-0.15, -0.1) is 0 Å². The van der Waals surface area contributed by atoms with Gasteiger partial charge in [-0.2, -0.15) is 0 Å². The molecule has 27 heavy (non-hydrogen) atoms. The van der Waals surface area contributed by atoms with Crippen LogP contribution in [0.25, 0.3) is 0 Å². The molecule has 0 fully saturated rings. The summed E-state index contributed by atoms with van der Waals surface area (Å²) in [5.74, 6) is 0.286. The fourth-order valence-electron chi connectivity index (χ4n) is 2.44. The second-order valence-electron chi connectivity index (χ2n) is 5.72. The van der Waals surface area contributed by atoms with Crippen molar-refractivity contribution in [3.05, 3.63) is 81.0 Å². The van der Waals surface area contributed by atoms with E-state index in [1.54, 1.807) is 19.2 Å². The van der Waals surface area contributed by atoms with Gasteiger partial charge in [0.1, 0.15) is 23.0 Å². The van der Waals surface area contributed by atoms with Gasteiger partial charge in [0.05, 0.1) is 12.8 Å². The fourth-order valence-corrected chi connectivity index (χ4v) is 2.61. The van der Waals surface area contributed by atoms with Crippen molar-refractivity contribution in [3.63, 3.8) is 0 Å². The van der Waals surface area contributed by atoms with Crippen LogP contribution in [0.15, 0.2) is 53.3 Å². The Balaban J connectivity index is 1.82. The van der Waals surface area contributed by atoms with Crippen LogP contribution >= 0.6 is 11.6 Å². The lowest BCUT2D eigenvalue weighted by molar-refractivity contribution is 0.102. The van der Waals surface area contributed by atoms with Crippen LogP contribution in [0.1, 0.15) is 21.9 Å². The number of carbonyl (C=O) groups is 1. The topological polar surface area (TPSA) is 104 Å². The number of aromatic nitrogens is 2. The van der Waals surface area contributed by atoms with Gasteiger partial charge in [-0.1, -0.05) is 23.7 Å². The molecule has 0 unspecified atom stereocenters. The number of halogens is 1. The summed E-state index contributed by atoms with van der Waals surface area (Å²) in [5, 5.41) is 12.7. The maximum atomic E-state index is 12.4.